The molecule has 0 bridgehead atoms. The lowest BCUT2D eigenvalue weighted by atomic mass is 10.1. The van der Waals surface area contributed by atoms with Crippen LogP contribution in [0.15, 0.2) is 24.3 Å². The summed E-state index contributed by atoms with van der Waals surface area (Å²) in [5.74, 6) is -2.23. The Morgan fingerprint density at radius 2 is 1.77 bits per heavy atom. The number of aryl methyl sites for hydroxylation is 1. The van der Waals surface area contributed by atoms with Gasteiger partial charge in [0.05, 0.1) is 30.0 Å². The lowest BCUT2D eigenvalue weighted by Crippen LogP contribution is -2.25. The van der Waals surface area contributed by atoms with Crippen LogP contribution < -0.4 is 5.32 Å². The molecule has 1 atom stereocenters. The third-order valence-corrected chi connectivity index (χ3v) is 4.37. The van der Waals surface area contributed by atoms with E-state index < -0.39 is 29.7 Å². The SMILES string of the molecule is COC(=O)c1c(C)[nH]c(C(=O)C(C)OC(=O)c2ccc(NC(=O)CC#N)cc2)c1C. The predicted octanol–water partition coefficient (Wildman–Crippen LogP) is 2.70. The average Bonchev–Trinajstić information content (AvgIpc) is 3.01. The number of nitrogens with zero attached hydrogens (tertiary/aromatic N) is 1. The highest BCUT2D eigenvalue weighted by molar-refractivity contribution is 6.04. The number of ether oxygens (including phenoxy) is 2. The summed E-state index contributed by atoms with van der Waals surface area (Å²) < 4.78 is 9.97. The first-order valence-electron chi connectivity index (χ1n) is 8.99. The van der Waals surface area contributed by atoms with Crippen molar-refractivity contribution in [1.82, 2.24) is 4.98 Å². The number of amides is 1. The van der Waals surface area contributed by atoms with Gasteiger partial charge in [-0.25, -0.2) is 9.59 Å². The molecule has 30 heavy (non-hydrogen) atoms. The normalized spacial score (nSPS) is 11.2. The van der Waals surface area contributed by atoms with Gasteiger partial charge in [0.1, 0.15) is 6.42 Å². The van der Waals surface area contributed by atoms with E-state index in [4.69, 9.17) is 14.7 Å². The van der Waals surface area contributed by atoms with Crippen molar-refractivity contribution in [1.29, 1.82) is 5.26 Å². The van der Waals surface area contributed by atoms with E-state index in [1.807, 2.05) is 0 Å². The van der Waals surface area contributed by atoms with Gasteiger partial charge in [-0.2, -0.15) is 5.26 Å². The monoisotopic (exact) mass is 411 g/mol. The van der Waals surface area contributed by atoms with E-state index in [9.17, 15) is 19.2 Å². The Morgan fingerprint density at radius 1 is 1.13 bits per heavy atom. The second kappa shape index (κ2) is 9.52. The average molecular weight is 411 g/mol. The second-order valence-corrected chi connectivity index (χ2v) is 6.49. The molecule has 1 aromatic carbocycles. The highest BCUT2D eigenvalue weighted by Crippen LogP contribution is 2.21. The quantitative estimate of drug-likeness (QED) is 0.527. The van der Waals surface area contributed by atoms with Gasteiger partial charge in [-0.15, -0.1) is 0 Å². The van der Waals surface area contributed by atoms with Crippen molar-refractivity contribution in [3.05, 3.63) is 52.3 Å². The lowest BCUT2D eigenvalue weighted by molar-refractivity contribution is -0.115. The Bertz CT molecular complexity index is 1030. The van der Waals surface area contributed by atoms with Gasteiger partial charge in [0, 0.05) is 11.4 Å². The van der Waals surface area contributed by atoms with Gasteiger partial charge in [-0.05, 0) is 50.6 Å². The Hall–Kier alpha value is -3.93. The molecule has 0 spiro atoms. The maximum atomic E-state index is 12.7. The van der Waals surface area contributed by atoms with Crippen LogP contribution in [-0.4, -0.2) is 41.8 Å². The van der Waals surface area contributed by atoms with Crippen molar-refractivity contribution in [3.8, 4) is 6.07 Å². The van der Waals surface area contributed by atoms with E-state index in [2.05, 4.69) is 10.3 Å². The van der Waals surface area contributed by atoms with E-state index in [1.54, 1.807) is 19.9 Å². The molecule has 1 heterocycles. The van der Waals surface area contributed by atoms with E-state index >= 15 is 0 Å². The number of esters is 2. The minimum atomic E-state index is -1.10. The highest BCUT2D eigenvalue weighted by Gasteiger charge is 2.27. The van der Waals surface area contributed by atoms with Crippen LogP contribution in [0.5, 0.6) is 0 Å². The first-order chi connectivity index (χ1) is 14.2. The zero-order valence-electron chi connectivity index (χ0n) is 17.0. The topological polar surface area (TPSA) is 138 Å². The largest absolute Gasteiger partial charge is 0.465 e. The van der Waals surface area contributed by atoms with E-state index in [-0.39, 0.29) is 23.2 Å². The number of carbonyl (C=O) groups excluding carboxylic acids is 4. The number of anilines is 1. The first-order valence-corrected chi connectivity index (χ1v) is 8.99. The van der Waals surface area contributed by atoms with Crippen molar-refractivity contribution < 1.29 is 28.7 Å². The van der Waals surface area contributed by atoms with Crippen molar-refractivity contribution >= 4 is 29.3 Å². The Labute approximate surface area is 173 Å². The van der Waals surface area contributed by atoms with Crippen molar-refractivity contribution in [2.75, 3.05) is 12.4 Å². The summed E-state index contributed by atoms with van der Waals surface area (Å²) in [4.78, 5) is 51.2. The first kappa shape index (κ1) is 22.4. The van der Waals surface area contributed by atoms with Crippen LogP contribution in [0.4, 0.5) is 5.69 Å². The van der Waals surface area contributed by atoms with Crippen molar-refractivity contribution in [2.24, 2.45) is 0 Å². The summed E-state index contributed by atoms with van der Waals surface area (Å²) in [6.45, 7) is 4.69. The van der Waals surface area contributed by atoms with Crippen LogP contribution in [0.25, 0.3) is 0 Å². The zero-order valence-corrected chi connectivity index (χ0v) is 17.0. The fourth-order valence-corrected chi connectivity index (χ4v) is 2.86. The van der Waals surface area contributed by atoms with Crippen LogP contribution in [0, 0.1) is 25.2 Å². The van der Waals surface area contributed by atoms with Gasteiger partial charge in [-0.1, -0.05) is 0 Å². The van der Waals surface area contributed by atoms with Crippen molar-refractivity contribution in [3.63, 3.8) is 0 Å². The van der Waals surface area contributed by atoms with E-state index in [1.165, 1.54) is 38.3 Å². The molecule has 0 aliphatic carbocycles. The molecule has 2 rings (SSSR count). The predicted molar refractivity (Wildman–Crippen MR) is 106 cm³/mol. The number of aromatic amines is 1. The minimum absolute atomic E-state index is 0.170. The molecule has 1 aromatic heterocycles. The number of nitriles is 1. The smallest absolute Gasteiger partial charge is 0.339 e. The standard InChI is InChI=1S/C21H21N3O6/c1-11-17(21(28)29-4)12(2)23-18(11)19(26)13(3)30-20(27)14-5-7-15(8-6-14)24-16(25)9-10-22/h5-8,13,23H,9H2,1-4H3,(H,24,25). The minimum Gasteiger partial charge on any atom is -0.465 e. The van der Waals surface area contributed by atoms with E-state index in [0.717, 1.165) is 0 Å². The van der Waals surface area contributed by atoms with Crippen LogP contribution >= 0.6 is 0 Å². The summed E-state index contributed by atoms with van der Waals surface area (Å²) >= 11 is 0. The number of Topliss-reactive ketones (excluding diaryl/α,β-unsaturated/α-hetero) is 1. The number of rotatable bonds is 7. The molecule has 9 heteroatoms. The summed E-state index contributed by atoms with van der Waals surface area (Å²) in [5, 5.41) is 11.0. The van der Waals surface area contributed by atoms with Gasteiger partial charge in [-0.3, -0.25) is 9.59 Å². The van der Waals surface area contributed by atoms with Gasteiger partial charge in [0.2, 0.25) is 11.7 Å². The number of hydrogen-bond acceptors (Lipinski definition) is 7. The number of methoxy groups -OCH3 is 1. The van der Waals surface area contributed by atoms with Crippen LogP contribution in [-0.2, 0) is 14.3 Å². The number of hydrogen-bond donors (Lipinski definition) is 2. The molecule has 2 N–H and O–H groups in total. The maximum absolute atomic E-state index is 12.7. The fraction of sp³-hybridized carbons (Fsp3) is 0.286. The molecule has 2 aromatic rings. The number of benzene rings is 1. The number of aromatic nitrogens is 1. The molecule has 0 fully saturated rings. The molecular weight excluding hydrogens is 390 g/mol. The third kappa shape index (κ3) is 4.91. The van der Waals surface area contributed by atoms with Crippen LogP contribution in [0.1, 0.15) is 55.8 Å². The Kier molecular flexibility index (Phi) is 7.09. The summed E-state index contributed by atoms with van der Waals surface area (Å²) in [7, 11) is 1.25. The summed E-state index contributed by atoms with van der Waals surface area (Å²) in [5.41, 5.74) is 1.95. The number of carbonyl (C=O) groups is 4. The highest BCUT2D eigenvalue weighted by atomic mass is 16.5. The second-order valence-electron chi connectivity index (χ2n) is 6.49. The van der Waals surface area contributed by atoms with Gasteiger partial charge < -0.3 is 19.8 Å². The Balaban J connectivity index is 2.09. The van der Waals surface area contributed by atoms with Crippen molar-refractivity contribution in [2.45, 2.75) is 33.3 Å². The van der Waals surface area contributed by atoms with Gasteiger partial charge in [0.15, 0.2) is 6.10 Å². The molecule has 1 amide bonds. The molecule has 0 aliphatic rings. The summed E-state index contributed by atoms with van der Waals surface area (Å²) in [6, 6.07) is 7.57. The summed E-state index contributed by atoms with van der Waals surface area (Å²) in [6.07, 6.45) is -1.38. The molecule has 0 saturated heterocycles. The van der Waals surface area contributed by atoms with Crippen LogP contribution in [0.3, 0.4) is 0 Å². The molecule has 0 aliphatic heterocycles. The molecule has 9 nitrogen and oxygen atoms in total. The molecule has 0 radical (unpaired) electrons. The Morgan fingerprint density at radius 3 is 2.33 bits per heavy atom. The fourth-order valence-electron chi connectivity index (χ4n) is 2.86. The van der Waals surface area contributed by atoms with Gasteiger partial charge >= 0.3 is 11.9 Å². The lowest BCUT2D eigenvalue weighted by Gasteiger charge is -2.12. The zero-order chi connectivity index (χ0) is 22.4. The number of nitrogens with one attached hydrogen (secondary N) is 2. The molecule has 0 saturated carbocycles. The molecular formula is C21H21N3O6. The maximum Gasteiger partial charge on any atom is 0.339 e. The number of H-pyrrole nitrogens is 1. The number of ketones is 1. The third-order valence-electron chi connectivity index (χ3n) is 4.37. The van der Waals surface area contributed by atoms with E-state index in [0.29, 0.717) is 16.9 Å². The molecule has 156 valence electrons. The van der Waals surface area contributed by atoms with Gasteiger partial charge in [0.25, 0.3) is 0 Å². The van der Waals surface area contributed by atoms with Crippen LogP contribution in [0.2, 0.25) is 0 Å². The molecule has 1 unspecified atom stereocenters.